The summed E-state index contributed by atoms with van der Waals surface area (Å²) in [6.07, 6.45) is 12.3. The predicted molar refractivity (Wildman–Crippen MR) is 194 cm³/mol. The monoisotopic (exact) mass is 690 g/mol. The summed E-state index contributed by atoms with van der Waals surface area (Å²) < 4.78 is 10.5. The Balaban J connectivity index is 0.935. The molecule has 0 aliphatic carbocycles. The summed E-state index contributed by atoms with van der Waals surface area (Å²) in [6, 6.07) is 19.2. The number of nitrogens with one attached hydrogen (secondary N) is 2. The van der Waals surface area contributed by atoms with Crippen molar-refractivity contribution in [3.05, 3.63) is 71.8 Å². The van der Waals surface area contributed by atoms with E-state index in [1.807, 2.05) is 70.5 Å². The normalized spacial score (nSPS) is 15.4. The van der Waals surface area contributed by atoms with Crippen LogP contribution in [0, 0.1) is 11.8 Å². The van der Waals surface area contributed by atoms with Crippen LogP contribution in [0.2, 0.25) is 0 Å². The van der Waals surface area contributed by atoms with Crippen molar-refractivity contribution in [1.29, 1.82) is 0 Å². The van der Waals surface area contributed by atoms with Gasteiger partial charge in [-0.25, -0.2) is 9.59 Å². The van der Waals surface area contributed by atoms with Crippen molar-refractivity contribution in [3.8, 4) is 0 Å². The second-order valence-corrected chi connectivity index (χ2v) is 13.8. The minimum atomic E-state index is -0.404. The number of benzene rings is 2. The second-order valence-electron chi connectivity index (χ2n) is 13.8. The number of carbonyl (C=O) groups excluding carboxylic acids is 4. The number of likely N-dealkylation sites (tertiary alicyclic amines) is 2. The van der Waals surface area contributed by atoms with Gasteiger partial charge in [-0.15, -0.1) is 0 Å². The molecule has 2 heterocycles. The van der Waals surface area contributed by atoms with Gasteiger partial charge in [0.1, 0.15) is 13.2 Å². The Hall–Kier alpha value is -4.08. The van der Waals surface area contributed by atoms with Gasteiger partial charge in [-0.05, 0) is 74.3 Å². The SMILES string of the molecule is O=C(NCCCCCC(=O)N1CCC(CCC2CCN(C(=O)CCCCCNC(=O)OCc3ccccc3)CC2)CC1)OCc1ccccc1. The highest BCUT2D eigenvalue weighted by Gasteiger charge is 2.26. The average Bonchev–Trinajstić information content (AvgIpc) is 3.16. The van der Waals surface area contributed by atoms with E-state index in [9.17, 15) is 19.2 Å². The summed E-state index contributed by atoms with van der Waals surface area (Å²) in [6.45, 7) is 5.08. The van der Waals surface area contributed by atoms with Gasteiger partial charge in [0.15, 0.2) is 0 Å². The maximum Gasteiger partial charge on any atom is 0.407 e. The Morgan fingerprint density at radius 3 is 1.30 bits per heavy atom. The number of unbranched alkanes of at least 4 members (excludes halogenated alkanes) is 4. The number of hydrogen-bond donors (Lipinski definition) is 2. The quantitative estimate of drug-likeness (QED) is 0.150. The number of carbonyl (C=O) groups is 4. The Bertz CT molecular complexity index is 1180. The predicted octanol–water partition coefficient (Wildman–Crippen LogP) is 7.22. The summed E-state index contributed by atoms with van der Waals surface area (Å²) in [5.41, 5.74) is 1.92. The van der Waals surface area contributed by atoms with Gasteiger partial charge in [-0.1, -0.05) is 86.3 Å². The van der Waals surface area contributed by atoms with Crippen molar-refractivity contribution in [2.45, 2.75) is 103 Å². The number of hydrogen-bond acceptors (Lipinski definition) is 6. The van der Waals surface area contributed by atoms with E-state index in [1.54, 1.807) is 0 Å². The lowest BCUT2D eigenvalue weighted by Gasteiger charge is -2.35. The molecule has 0 saturated carbocycles. The summed E-state index contributed by atoms with van der Waals surface area (Å²) >= 11 is 0. The van der Waals surface area contributed by atoms with Gasteiger partial charge < -0.3 is 29.9 Å². The molecule has 4 rings (SSSR count). The third-order valence-corrected chi connectivity index (χ3v) is 10.0. The molecule has 0 atom stereocenters. The number of rotatable bonds is 19. The Labute approximate surface area is 298 Å². The topological polar surface area (TPSA) is 117 Å². The highest BCUT2D eigenvalue weighted by Crippen LogP contribution is 2.29. The molecule has 50 heavy (non-hydrogen) atoms. The van der Waals surface area contributed by atoms with Crippen molar-refractivity contribution in [3.63, 3.8) is 0 Å². The lowest BCUT2D eigenvalue weighted by Crippen LogP contribution is -2.39. The first kappa shape index (κ1) is 38.7. The number of piperidine rings is 2. The highest BCUT2D eigenvalue weighted by molar-refractivity contribution is 5.76. The molecule has 0 bridgehead atoms. The van der Waals surface area contributed by atoms with Gasteiger partial charge >= 0.3 is 12.2 Å². The smallest absolute Gasteiger partial charge is 0.407 e. The number of alkyl carbamates (subject to hydrolysis) is 2. The number of nitrogens with zero attached hydrogens (tertiary/aromatic N) is 2. The largest absolute Gasteiger partial charge is 0.445 e. The van der Waals surface area contributed by atoms with E-state index in [4.69, 9.17) is 9.47 Å². The van der Waals surface area contributed by atoms with E-state index >= 15 is 0 Å². The molecular weight excluding hydrogens is 632 g/mol. The molecule has 0 radical (unpaired) electrons. The lowest BCUT2D eigenvalue weighted by atomic mass is 9.85. The number of ether oxygens (including phenoxy) is 2. The van der Waals surface area contributed by atoms with E-state index in [1.165, 1.54) is 12.8 Å². The standard InChI is InChI=1S/C40H58N4O6/c45-37(17-9-3-11-25-41-39(47)49-31-35-13-5-1-6-14-35)43-27-21-33(22-28-43)19-20-34-23-29-44(30-24-34)38(46)18-10-4-12-26-42-40(48)50-32-36-15-7-2-8-16-36/h1-2,5-8,13-16,33-34H,3-4,9-12,17-32H2,(H,41,47)(H,42,48). The first-order chi connectivity index (χ1) is 24.5. The average molecular weight is 691 g/mol. The zero-order chi connectivity index (χ0) is 35.2. The zero-order valence-corrected chi connectivity index (χ0v) is 29.8. The zero-order valence-electron chi connectivity index (χ0n) is 29.8. The Kier molecular flexibility index (Phi) is 17.5. The molecule has 10 heteroatoms. The van der Waals surface area contributed by atoms with Gasteiger partial charge in [0.25, 0.3) is 0 Å². The summed E-state index contributed by atoms with van der Waals surface area (Å²) in [4.78, 5) is 53.3. The van der Waals surface area contributed by atoms with Crippen LogP contribution in [0.5, 0.6) is 0 Å². The van der Waals surface area contributed by atoms with Gasteiger partial charge in [0.05, 0.1) is 0 Å². The third kappa shape index (κ3) is 15.2. The molecule has 2 fully saturated rings. The molecule has 2 saturated heterocycles. The maximum absolute atomic E-state index is 12.7. The van der Waals surface area contributed by atoms with E-state index in [0.717, 1.165) is 102 Å². The molecule has 0 spiro atoms. The third-order valence-electron chi connectivity index (χ3n) is 10.0. The molecule has 10 nitrogen and oxygen atoms in total. The minimum Gasteiger partial charge on any atom is -0.445 e. The summed E-state index contributed by atoms with van der Waals surface area (Å²) in [7, 11) is 0. The van der Waals surface area contributed by atoms with E-state index in [2.05, 4.69) is 10.6 Å². The summed E-state index contributed by atoms with van der Waals surface area (Å²) in [5, 5.41) is 5.57. The van der Waals surface area contributed by atoms with Crippen molar-refractivity contribution >= 4 is 24.0 Å². The van der Waals surface area contributed by atoms with E-state index < -0.39 is 12.2 Å². The van der Waals surface area contributed by atoms with Crippen LogP contribution in [0.3, 0.4) is 0 Å². The van der Waals surface area contributed by atoms with Crippen molar-refractivity contribution in [2.24, 2.45) is 11.8 Å². The van der Waals surface area contributed by atoms with Gasteiger partial charge in [0, 0.05) is 52.1 Å². The second kappa shape index (κ2) is 22.6. The fourth-order valence-electron chi connectivity index (χ4n) is 6.81. The van der Waals surface area contributed by atoms with Crippen molar-refractivity contribution in [1.82, 2.24) is 20.4 Å². The van der Waals surface area contributed by atoms with E-state index in [0.29, 0.717) is 37.8 Å². The molecule has 2 aliphatic rings. The summed E-state index contributed by atoms with van der Waals surface area (Å²) in [5.74, 6) is 1.89. The van der Waals surface area contributed by atoms with Gasteiger partial charge in [0.2, 0.25) is 11.8 Å². The van der Waals surface area contributed by atoms with Crippen LogP contribution in [0.15, 0.2) is 60.7 Å². The Morgan fingerprint density at radius 1 is 0.540 bits per heavy atom. The molecule has 2 aliphatic heterocycles. The molecule has 2 aromatic rings. The highest BCUT2D eigenvalue weighted by atomic mass is 16.6. The molecule has 0 unspecified atom stereocenters. The molecule has 274 valence electrons. The first-order valence-electron chi connectivity index (χ1n) is 18.9. The molecule has 4 amide bonds. The lowest BCUT2D eigenvalue weighted by molar-refractivity contribution is -0.133. The van der Waals surface area contributed by atoms with Crippen LogP contribution in [-0.4, -0.2) is 73.1 Å². The van der Waals surface area contributed by atoms with Crippen molar-refractivity contribution < 1.29 is 28.7 Å². The van der Waals surface area contributed by atoms with Crippen LogP contribution in [0.4, 0.5) is 9.59 Å². The maximum atomic E-state index is 12.7. The molecule has 2 aromatic carbocycles. The van der Waals surface area contributed by atoms with Crippen molar-refractivity contribution in [2.75, 3.05) is 39.3 Å². The molecule has 0 aromatic heterocycles. The molecule has 2 N–H and O–H groups in total. The number of amides is 4. The van der Waals surface area contributed by atoms with Crippen LogP contribution in [0.1, 0.15) is 101 Å². The van der Waals surface area contributed by atoms with E-state index in [-0.39, 0.29) is 25.0 Å². The minimum absolute atomic E-state index is 0.256. The fourth-order valence-corrected chi connectivity index (χ4v) is 6.81. The Morgan fingerprint density at radius 2 is 0.920 bits per heavy atom. The van der Waals surface area contributed by atoms with Crippen LogP contribution >= 0.6 is 0 Å². The van der Waals surface area contributed by atoms with Crippen LogP contribution < -0.4 is 10.6 Å². The molecular formula is C40H58N4O6. The van der Waals surface area contributed by atoms with Crippen LogP contribution in [0.25, 0.3) is 0 Å². The first-order valence-corrected chi connectivity index (χ1v) is 18.9. The van der Waals surface area contributed by atoms with Gasteiger partial charge in [-0.3, -0.25) is 9.59 Å². The van der Waals surface area contributed by atoms with Gasteiger partial charge in [-0.2, -0.15) is 0 Å². The van der Waals surface area contributed by atoms with Crippen LogP contribution in [-0.2, 0) is 32.3 Å². The fraction of sp³-hybridized carbons (Fsp3) is 0.600.